The predicted octanol–water partition coefficient (Wildman–Crippen LogP) is 6.40. The first-order valence-corrected chi connectivity index (χ1v) is 11.8. The smallest absolute Gasteiger partial charge is 0.261 e. The van der Waals surface area contributed by atoms with Crippen LogP contribution in [0.25, 0.3) is 0 Å². The molecule has 0 aliphatic heterocycles. The van der Waals surface area contributed by atoms with Crippen molar-refractivity contribution in [1.29, 1.82) is 0 Å². The Kier molecular flexibility index (Phi) is 10.4. The zero-order valence-electron chi connectivity index (χ0n) is 18.1. The lowest BCUT2D eigenvalue weighted by Gasteiger charge is -2.31. The molecule has 0 aliphatic rings. The fraction of sp³-hybridized carbons (Fsp3) is 0.391. The lowest BCUT2D eigenvalue weighted by Crippen LogP contribution is -2.51. The fourth-order valence-electron chi connectivity index (χ4n) is 3.01. The van der Waals surface area contributed by atoms with Gasteiger partial charge in [0.1, 0.15) is 11.8 Å². The molecule has 0 saturated heterocycles. The van der Waals surface area contributed by atoms with Gasteiger partial charge in [0.05, 0.1) is 5.02 Å². The molecule has 0 heterocycles. The number of hydrogen-bond donors (Lipinski definition) is 1. The number of benzene rings is 2. The molecular formula is C23H26Cl4N2O3. The van der Waals surface area contributed by atoms with Crippen LogP contribution in [-0.2, 0) is 16.1 Å². The van der Waals surface area contributed by atoms with E-state index in [-0.39, 0.29) is 31.0 Å². The Labute approximate surface area is 208 Å². The van der Waals surface area contributed by atoms with E-state index in [1.807, 2.05) is 20.8 Å². The van der Waals surface area contributed by atoms with Gasteiger partial charge >= 0.3 is 0 Å². The Hall–Kier alpha value is -1.66. The monoisotopic (exact) mass is 518 g/mol. The van der Waals surface area contributed by atoms with Crippen molar-refractivity contribution in [2.24, 2.45) is 0 Å². The maximum absolute atomic E-state index is 13.2. The van der Waals surface area contributed by atoms with Crippen molar-refractivity contribution in [3.8, 4) is 5.75 Å². The summed E-state index contributed by atoms with van der Waals surface area (Å²) in [4.78, 5) is 27.6. The average Bonchev–Trinajstić information content (AvgIpc) is 2.74. The number of rotatable bonds is 10. The fourth-order valence-corrected chi connectivity index (χ4v) is 3.94. The predicted molar refractivity (Wildman–Crippen MR) is 131 cm³/mol. The van der Waals surface area contributed by atoms with E-state index in [4.69, 9.17) is 51.1 Å². The summed E-state index contributed by atoms with van der Waals surface area (Å²) in [6.45, 7) is 5.56. The highest BCUT2D eigenvalue weighted by atomic mass is 35.5. The summed E-state index contributed by atoms with van der Waals surface area (Å²) < 4.78 is 5.63. The molecule has 0 spiro atoms. The van der Waals surface area contributed by atoms with E-state index >= 15 is 0 Å². The van der Waals surface area contributed by atoms with Gasteiger partial charge in [-0.3, -0.25) is 9.59 Å². The summed E-state index contributed by atoms with van der Waals surface area (Å²) in [5, 5.41) is 4.60. The maximum atomic E-state index is 13.2. The van der Waals surface area contributed by atoms with Crippen LogP contribution in [0, 0.1) is 0 Å². The van der Waals surface area contributed by atoms with Crippen molar-refractivity contribution in [2.45, 2.75) is 52.2 Å². The molecule has 2 atom stereocenters. The molecule has 2 amide bonds. The first-order chi connectivity index (χ1) is 15.2. The highest BCUT2D eigenvalue weighted by Gasteiger charge is 2.30. The quantitative estimate of drug-likeness (QED) is 0.395. The van der Waals surface area contributed by atoms with Gasteiger partial charge < -0.3 is 15.0 Å². The molecule has 0 fully saturated rings. The van der Waals surface area contributed by atoms with Gasteiger partial charge in [-0.15, -0.1) is 0 Å². The third kappa shape index (κ3) is 7.45. The summed E-state index contributed by atoms with van der Waals surface area (Å²) in [6.07, 6.45) is 1.19. The second-order valence-electron chi connectivity index (χ2n) is 7.36. The van der Waals surface area contributed by atoms with Gasteiger partial charge in [-0.2, -0.15) is 0 Å². The third-order valence-corrected chi connectivity index (χ3v) is 6.11. The van der Waals surface area contributed by atoms with Gasteiger partial charge in [-0.25, -0.2) is 0 Å². The van der Waals surface area contributed by atoms with Crippen LogP contribution < -0.4 is 10.1 Å². The van der Waals surface area contributed by atoms with Gasteiger partial charge in [0.15, 0.2) is 6.61 Å². The third-order valence-electron chi connectivity index (χ3n) is 4.99. The summed E-state index contributed by atoms with van der Waals surface area (Å²) in [5.74, 6) is -0.288. The number of hydrogen-bond acceptors (Lipinski definition) is 3. The number of amides is 2. The zero-order valence-corrected chi connectivity index (χ0v) is 21.2. The Morgan fingerprint density at radius 1 is 0.969 bits per heavy atom. The normalized spacial score (nSPS) is 12.7. The molecule has 2 aromatic carbocycles. The van der Waals surface area contributed by atoms with E-state index in [9.17, 15) is 9.59 Å². The van der Waals surface area contributed by atoms with E-state index in [2.05, 4.69) is 5.32 Å². The largest absolute Gasteiger partial charge is 0.482 e. The Bertz CT molecular complexity index is 955. The molecule has 0 bridgehead atoms. The topological polar surface area (TPSA) is 58.6 Å². The standard InChI is InChI=1S/C23H26Cl4N2O3/c1-4-14(3)28-23(31)20(5-2)29(12-15-6-7-16(24)10-18(15)26)22(30)13-32-21-9-8-17(25)11-19(21)27/h6-11,14,20H,4-5,12-13H2,1-3H3,(H,28,31)/t14-,20+/m1/s1. The first kappa shape index (κ1) is 26.6. The molecule has 9 heteroatoms. The molecule has 1 N–H and O–H groups in total. The Morgan fingerprint density at radius 3 is 2.16 bits per heavy atom. The van der Waals surface area contributed by atoms with E-state index in [0.717, 1.165) is 6.42 Å². The number of halogens is 4. The molecule has 2 aromatic rings. The maximum Gasteiger partial charge on any atom is 0.261 e. The highest BCUT2D eigenvalue weighted by Crippen LogP contribution is 2.28. The van der Waals surface area contributed by atoms with E-state index < -0.39 is 6.04 Å². The molecule has 0 unspecified atom stereocenters. The number of carbonyl (C=O) groups excluding carboxylic acids is 2. The number of ether oxygens (including phenoxy) is 1. The molecule has 32 heavy (non-hydrogen) atoms. The molecule has 5 nitrogen and oxygen atoms in total. The van der Waals surface area contributed by atoms with Crippen LogP contribution in [0.1, 0.15) is 39.2 Å². The van der Waals surface area contributed by atoms with Gasteiger partial charge in [0.2, 0.25) is 5.91 Å². The molecule has 0 aromatic heterocycles. The van der Waals surface area contributed by atoms with Gasteiger partial charge in [0.25, 0.3) is 5.91 Å². The van der Waals surface area contributed by atoms with Crippen LogP contribution in [0.5, 0.6) is 5.75 Å². The van der Waals surface area contributed by atoms with Crippen LogP contribution in [0.2, 0.25) is 20.1 Å². The minimum absolute atomic E-state index is 0.0169. The van der Waals surface area contributed by atoms with E-state index in [0.29, 0.717) is 37.8 Å². The molecular weight excluding hydrogens is 494 g/mol. The average molecular weight is 520 g/mol. The molecule has 0 radical (unpaired) electrons. The number of nitrogens with zero attached hydrogens (tertiary/aromatic N) is 1. The highest BCUT2D eigenvalue weighted by molar-refractivity contribution is 6.35. The summed E-state index contributed by atoms with van der Waals surface area (Å²) in [7, 11) is 0. The van der Waals surface area contributed by atoms with Crippen molar-refractivity contribution in [2.75, 3.05) is 6.61 Å². The molecule has 0 aliphatic carbocycles. The van der Waals surface area contributed by atoms with Crippen LogP contribution in [-0.4, -0.2) is 35.4 Å². The van der Waals surface area contributed by atoms with E-state index in [1.165, 1.54) is 11.0 Å². The Balaban J connectivity index is 2.28. The summed E-state index contributed by atoms with van der Waals surface area (Å²) in [5.41, 5.74) is 0.670. The minimum atomic E-state index is -0.701. The molecule has 0 saturated carbocycles. The van der Waals surface area contributed by atoms with Crippen molar-refractivity contribution in [1.82, 2.24) is 10.2 Å². The number of nitrogens with one attached hydrogen (secondary N) is 1. The minimum Gasteiger partial charge on any atom is -0.482 e. The zero-order chi connectivity index (χ0) is 23.8. The van der Waals surface area contributed by atoms with Crippen molar-refractivity contribution in [3.05, 3.63) is 62.1 Å². The van der Waals surface area contributed by atoms with Crippen LogP contribution in [0.3, 0.4) is 0 Å². The number of carbonyl (C=O) groups is 2. The second kappa shape index (κ2) is 12.5. The van der Waals surface area contributed by atoms with E-state index in [1.54, 1.807) is 30.3 Å². The van der Waals surface area contributed by atoms with Crippen LogP contribution in [0.15, 0.2) is 36.4 Å². The summed E-state index contributed by atoms with van der Waals surface area (Å²) >= 11 is 24.4. The molecule has 174 valence electrons. The second-order valence-corrected chi connectivity index (χ2v) is 9.05. The van der Waals surface area contributed by atoms with Gasteiger partial charge in [-0.1, -0.05) is 66.3 Å². The van der Waals surface area contributed by atoms with Crippen LogP contribution in [0.4, 0.5) is 0 Å². The van der Waals surface area contributed by atoms with Gasteiger partial charge in [-0.05, 0) is 55.7 Å². The lowest BCUT2D eigenvalue weighted by atomic mass is 10.1. The van der Waals surface area contributed by atoms with Crippen LogP contribution >= 0.6 is 46.4 Å². The Morgan fingerprint density at radius 2 is 1.59 bits per heavy atom. The lowest BCUT2D eigenvalue weighted by molar-refractivity contribution is -0.143. The van der Waals surface area contributed by atoms with Crippen molar-refractivity contribution >= 4 is 58.2 Å². The SMILES string of the molecule is CC[C@@H](C)NC(=O)[C@H](CC)N(Cc1ccc(Cl)cc1Cl)C(=O)COc1ccc(Cl)cc1Cl. The van der Waals surface area contributed by atoms with Gasteiger partial charge in [0, 0.05) is 27.7 Å². The first-order valence-electron chi connectivity index (χ1n) is 10.3. The summed E-state index contributed by atoms with van der Waals surface area (Å²) in [6, 6.07) is 9.05. The van der Waals surface area contributed by atoms with Crippen molar-refractivity contribution in [3.63, 3.8) is 0 Å². The molecule has 2 rings (SSSR count). The van der Waals surface area contributed by atoms with Crippen molar-refractivity contribution < 1.29 is 14.3 Å².